The van der Waals surface area contributed by atoms with Crippen molar-refractivity contribution in [2.24, 2.45) is 5.92 Å². The Morgan fingerprint density at radius 2 is 1.45 bits per heavy atom. The average molecular weight is 672 g/mol. The highest BCUT2D eigenvalue weighted by Crippen LogP contribution is 2.51. The molecule has 4 aliphatic carbocycles. The van der Waals surface area contributed by atoms with Crippen LogP contribution in [0.1, 0.15) is 57.2 Å². The summed E-state index contributed by atoms with van der Waals surface area (Å²) in [6, 6.07) is 32.7. The third-order valence-electron chi connectivity index (χ3n) is 11.4. The van der Waals surface area contributed by atoms with Gasteiger partial charge in [-0.3, -0.25) is 0 Å². The van der Waals surface area contributed by atoms with Crippen molar-refractivity contribution in [3.8, 4) is 22.6 Å². The number of fused-ring (bicyclic) bond motifs is 5. The van der Waals surface area contributed by atoms with E-state index in [-0.39, 0.29) is 17.4 Å². The molecule has 4 unspecified atom stereocenters. The molecular weight excluding hydrogens is 630 g/mol. The van der Waals surface area contributed by atoms with E-state index >= 15 is 0 Å². The molecule has 0 N–H and O–H groups in total. The predicted octanol–water partition coefficient (Wildman–Crippen LogP) is 11.8. The van der Waals surface area contributed by atoms with Gasteiger partial charge in [-0.05, 0) is 106 Å². The van der Waals surface area contributed by atoms with Crippen LogP contribution in [0.2, 0.25) is 0 Å². The van der Waals surface area contributed by atoms with Crippen molar-refractivity contribution < 1.29 is 13.9 Å². The van der Waals surface area contributed by atoms with E-state index in [1.54, 1.807) is 6.08 Å². The number of benzene rings is 4. The SMILES string of the molecule is CC1C=C(C2=CCC(F)C=C2)C=CC1N(c1ccc(C2=CCC3(C)Oc4ccccc4OC3=C2)cc1)c1ccc2c(c1)C(C)(C)c1ccccc1-2. The zero-order valence-corrected chi connectivity index (χ0v) is 29.6. The largest absolute Gasteiger partial charge is 0.475 e. The molecule has 1 heterocycles. The minimum Gasteiger partial charge on any atom is -0.475 e. The minimum absolute atomic E-state index is 0.0798. The Balaban J connectivity index is 1.07. The van der Waals surface area contributed by atoms with Crippen molar-refractivity contribution in [3.63, 3.8) is 0 Å². The molecule has 0 spiro atoms. The fourth-order valence-electron chi connectivity index (χ4n) is 8.46. The van der Waals surface area contributed by atoms with Gasteiger partial charge in [-0.25, -0.2) is 4.39 Å². The smallest absolute Gasteiger partial charge is 0.169 e. The van der Waals surface area contributed by atoms with Crippen LogP contribution in [0.3, 0.4) is 0 Å². The minimum atomic E-state index is -0.897. The number of nitrogens with zero attached hydrogens (tertiary/aromatic N) is 1. The van der Waals surface area contributed by atoms with E-state index < -0.39 is 11.8 Å². The lowest BCUT2D eigenvalue weighted by Gasteiger charge is -2.39. The first-order valence-electron chi connectivity index (χ1n) is 18.1. The molecule has 4 aromatic carbocycles. The van der Waals surface area contributed by atoms with Gasteiger partial charge in [0.2, 0.25) is 0 Å². The topological polar surface area (TPSA) is 21.7 Å². The van der Waals surface area contributed by atoms with Crippen LogP contribution in [-0.4, -0.2) is 17.8 Å². The van der Waals surface area contributed by atoms with E-state index in [9.17, 15) is 4.39 Å². The molecule has 4 atom stereocenters. The van der Waals surface area contributed by atoms with Gasteiger partial charge < -0.3 is 14.4 Å². The first kappa shape index (κ1) is 31.6. The molecule has 4 aromatic rings. The van der Waals surface area contributed by atoms with Gasteiger partial charge >= 0.3 is 0 Å². The zero-order chi connectivity index (χ0) is 34.9. The Kier molecular flexibility index (Phi) is 7.36. The lowest BCUT2D eigenvalue weighted by molar-refractivity contribution is 0.0585. The molecule has 0 amide bonds. The van der Waals surface area contributed by atoms with Crippen LogP contribution in [0.25, 0.3) is 16.7 Å². The molecule has 0 saturated carbocycles. The van der Waals surface area contributed by atoms with E-state index in [2.05, 4.69) is 130 Å². The zero-order valence-electron chi connectivity index (χ0n) is 29.6. The number of rotatable bonds is 5. The van der Waals surface area contributed by atoms with Gasteiger partial charge in [-0.2, -0.15) is 0 Å². The van der Waals surface area contributed by atoms with Crippen LogP contribution in [0, 0.1) is 5.92 Å². The van der Waals surface area contributed by atoms with Crippen LogP contribution in [0.5, 0.6) is 11.5 Å². The average Bonchev–Trinajstić information content (AvgIpc) is 3.37. The van der Waals surface area contributed by atoms with E-state index in [1.807, 2.05) is 36.4 Å². The summed E-state index contributed by atoms with van der Waals surface area (Å²) >= 11 is 0. The Hall–Kier alpha value is -5.35. The Labute approximate surface area is 300 Å². The number of halogens is 1. The second-order valence-corrected chi connectivity index (χ2v) is 15.2. The van der Waals surface area contributed by atoms with Crippen molar-refractivity contribution in [1.29, 1.82) is 0 Å². The van der Waals surface area contributed by atoms with Gasteiger partial charge in [-0.1, -0.05) is 112 Å². The molecule has 3 nitrogen and oxygen atoms in total. The molecule has 9 rings (SSSR count). The highest BCUT2D eigenvalue weighted by Gasteiger charge is 2.40. The number of ether oxygens (including phenoxy) is 2. The maximum atomic E-state index is 13.9. The first-order chi connectivity index (χ1) is 24.7. The number of hydrogen-bond donors (Lipinski definition) is 0. The maximum Gasteiger partial charge on any atom is 0.169 e. The second-order valence-electron chi connectivity index (χ2n) is 15.2. The molecule has 0 radical (unpaired) electrons. The van der Waals surface area contributed by atoms with Gasteiger partial charge in [0.15, 0.2) is 17.1 Å². The third kappa shape index (κ3) is 5.31. The molecule has 0 bridgehead atoms. The number of hydrogen-bond acceptors (Lipinski definition) is 3. The van der Waals surface area contributed by atoms with Crippen LogP contribution in [0.15, 0.2) is 157 Å². The van der Waals surface area contributed by atoms with Gasteiger partial charge in [0, 0.05) is 29.6 Å². The van der Waals surface area contributed by atoms with Gasteiger partial charge in [0.1, 0.15) is 11.9 Å². The van der Waals surface area contributed by atoms with Gasteiger partial charge in [0.25, 0.3) is 0 Å². The van der Waals surface area contributed by atoms with E-state index in [4.69, 9.17) is 9.47 Å². The van der Waals surface area contributed by atoms with E-state index in [0.717, 1.165) is 51.6 Å². The quantitative estimate of drug-likeness (QED) is 0.211. The predicted molar refractivity (Wildman–Crippen MR) is 206 cm³/mol. The Morgan fingerprint density at radius 3 is 2.24 bits per heavy atom. The summed E-state index contributed by atoms with van der Waals surface area (Å²) in [5, 5.41) is 0. The first-order valence-corrected chi connectivity index (χ1v) is 18.1. The van der Waals surface area contributed by atoms with Crippen molar-refractivity contribution in [2.75, 3.05) is 4.90 Å². The number of anilines is 2. The number of allylic oxidation sites excluding steroid dienone is 8. The van der Waals surface area contributed by atoms with Crippen LogP contribution in [-0.2, 0) is 5.41 Å². The molecule has 0 fully saturated rings. The second kappa shape index (κ2) is 11.9. The highest BCUT2D eigenvalue weighted by atomic mass is 19.1. The summed E-state index contributed by atoms with van der Waals surface area (Å²) in [6.45, 7) is 9.05. The summed E-state index contributed by atoms with van der Waals surface area (Å²) in [5.74, 6) is 2.57. The van der Waals surface area contributed by atoms with E-state index in [1.165, 1.54) is 27.9 Å². The van der Waals surface area contributed by atoms with Crippen LogP contribution < -0.4 is 14.4 Å². The number of para-hydroxylation sites is 2. The monoisotopic (exact) mass is 671 g/mol. The van der Waals surface area contributed by atoms with Gasteiger partial charge in [0.05, 0.1) is 6.04 Å². The molecule has 5 aliphatic rings. The summed E-state index contributed by atoms with van der Waals surface area (Å²) in [7, 11) is 0. The summed E-state index contributed by atoms with van der Waals surface area (Å²) in [4.78, 5) is 2.49. The fourth-order valence-corrected chi connectivity index (χ4v) is 8.46. The number of alkyl halides is 1. The van der Waals surface area contributed by atoms with Crippen molar-refractivity contribution in [2.45, 2.75) is 63.8 Å². The molecule has 254 valence electrons. The van der Waals surface area contributed by atoms with Crippen LogP contribution in [0.4, 0.5) is 15.8 Å². The fraction of sp³-hybridized carbons (Fsp3) is 0.234. The van der Waals surface area contributed by atoms with Crippen molar-refractivity contribution in [1.82, 2.24) is 0 Å². The lowest BCUT2D eigenvalue weighted by atomic mass is 9.82. The lowest BCUT2D eigenvalue weighted by Crippen LogP contribution is -2.40. The molecule has 0 saturated heterocycles. The molecule has 51 heavy (non-hydrogen) atoms. The third-order valence-corrected chi connectivity index (χ3v) is 11.4. The molecular formula is C47H42FNO2. The maximum absolute atomic E-state index is 13.9. The molecule has 0 aromatic heterocycles. The Bertz CT molecular complexity index is 2250. The molecule has 4 heteroatoms. The van der Waals surface area contributed by atoms with Crippen molar-refractivity contribution >= 4 is 16.9 Å². The van der Waals surface area contributed by atoms with Crippen molar-refractivity contribution in [3.05, 3.63) is 173 Å². The molecule has 1 aliphatic heterocycles. The summed E-state index contributed by atoms with van der Waals surface area (Å²) < 4.78 is 26.7. The standard InChI is InChI=1S/C47H42FNO2/c1-30-27-33(31-13-18-35(48)19-14-31)17-24-42(30)49(37-22-23-39-38-9-5-6-10-40(38)46(2,3)41(39)29-37)36-20-15-32(16-21-36)34-25-26-47(4)45(28-34)50-43-11-7-8-12-44(43)51-47/h5-18,20-25,27-30,35,42H,19,26H2,1-4H3. The van der Waals surface area contributed by atoms with Crippen LogP contribution >= 0.6 is 0 Å². The normalized spacial score (nSPS) is 25.1. The highest BCUT2D eigenvalue weighted by molar-refractivity contribution is 5.84. The van der Waals surface area contributed by atoms with E-state index in [0.29, 0.717) is 6.42 Å². The summed E-state index contributed by atoms with van der Waals surface area (Å²) in [6.07, 6.45) is 17.1. The summed E-state index contributed by atoms with van der Waals surface area (Å²) in [5.41, 5.74) is 11.5. The Morgan fingerprint density at radius 1 is 0.725 bits per heavy atom. The van der Waals surface area contributed by atoms with Gasteiger partial charge in [-0.15, -0.1) is 0 Å².